The Labute approximate surface area is 112 Å². The van der Waals surface area contributed by atoms with Crippen LogP contribution in [0.3, 0.4) is 0 Å². The van der Waals surface area contributed by atoms with E-state index >= 15 is 0 Å². The van der Waals surface area contributed by atoms with Crippen molar-refractivity contribution in [3.8, 4) is 11.5 Å². The van der Waals surface area contributed by atoms with Crippen molar-refractivity contribution in [3.05, 3.63) is 23.8 Å². The van der Waals surface area contributed by atoms with E-state index in [9.17, 15) is 4.79 Å². The fourth-order valence-electron chi connectivity index (χ4n) is 1.24. The molecular formula is C13H21NO5. The molecule has 0 fully saturated rings. The molecule has 1 aromatic rings. The maximum Gasteiger partial charge on any atom is 0.320 e. The number of phenolic OH excluding ortho intramolecular Hbond substituents is 2. The fourth-order valence-corrected chi connectivity index (χ4v) is 1.24. The van der Waals surface area contributed by atoms with E-state index in [1.165, 1.54) is 18.2 Å². The van der Waals surface area contributed by atoms with Gasteiger partial charge in [-0.1, -0.05) is 6.07 Å². The molecule has 6 heteroatoms. The number of aliphatic carboxylic acids is 1. The Bertz CT molecular complexity index is 393. The van der Waals surface area contributed by atoms with E-state index < -0.39 is 12.0 Å². The summed E-state index contributed by atoms with van der Waals surface area (Å²) in [5.41, 5.74) is 5.86. The van der Waals surface area contributed by atoms with Crippen molar-refractivity contribution < 1.29 is 24.9 Å². The van der Waals surface area contributed by atoms with Crippen LogP contribution in [0.5, 0.6) is 11.5 Å². The molecule has 5 N–H and O–H groups in total. The summed E-state index contributed by atoms with van der Waals surface area (Å²) < 4.78 is 4.83. The third-order valence-corrected chi connectivity index (χ3v) is 2.22. The number of carbonyl (C=O) groups is 1. The van der Waals surface area contributed by atoms with Gasteiger partial charge >= 0.3 is 5.97 Å². The van der Waals surface area contributed by atoms with Crippen LogP contribution in [0.25, 0.3) is 0 Å². The summed E-state index contributed by atoms with van der Waals surface area (Å²) in [5, 5.41) is 26.6. The van der Waals surface area contributed by atoms with Gasteiger partial charge in [0, 0.05) is 13.2 Å². The van der Waals surface area contributed by atoms with E-state index in [2.05, 4.69) is 0 Å². The van der Waals surface area contributed by atoms with Gasteiger partial charge in [0.25, 0.3) is 0 Å². The summed E-state index contributed by atoms with van der Waals surface area (Å²) in [6.45, 7) is 5.67. The summed E-state index contributed by atoms with van der Waals surface area (Å²) in [6, 6.07) is 3.09. The molecule has 6 nitrogen and oxygen atoms in total. The van der Waals surface area contributed by atoms with E-state index in [4.69, 9.17) is 25.8 Å². The molecule has 0 heterocycles. The molecular weight excluding hydrogens is 250 g/mol. The third kappa shape index (κ3) is 7.28. The maximum absolute atomic E-state index is 10.4. The molecule has 1 atom stereocenters. The fraction of sp³-hybridized carbons (Fsp3) is 0.462. The van der Waals surface area contributed by atoms with E-state index in [0.717, 1.165) is 13.2 Å². The Morgan fingerprint density at radius 1 is 1.26 bits per heavy atom. The Balaban J connectivity index is 0.000000555. The number of benzene rings is 1. The van der Waals surface area contributed by atoms with E-state index in [0.29, 0.717) is 5.56 Å². The summed E-state index contributed by atoms with van der Waals surface area (Å²) in [6.07, 6.45) is 0.114. The molecule has 0 aliphatic heterocycles. The molecule has 1 rings (SSSR count). The number of carboxylic acids is 1. The Kier molecular flexibility index (Phi) is 8.32. The van der Waals surface area contributed by atoms with Crippen LogP contribution in [0.15, 0.2) is 18.2 Å². The number of aromatic hydroxyl groups is 2. The Morgan fingerprint density at radius 3 is 2.21 bits per heavy atom. The lowest BCUT2D eigenvalue weighted by atomic mass is 10.1. The Hall–Kier alpha value is -1.79. The normalized spacial score (nSPS) is 11.3. The number of carboxylic acid groups (broad SMARTS) is 1. The number of phenols is 2. The van der Waals surface area contributed by atoms with Crippen LogP contribution >= 0.6 is 0 Å². The van der Waals surface area contributed by atoms with Crippen LogP contribution in [0.2, 0.25) is 0 Å². The van der Waals surface area contributed by atoms with Crippen LogP contribution in [-0.4, -0.2) is 40.5 Å². The topological polar surface area (TPSA) is 113 Å². The number of hydrogen-bond acceptors (Lipinski definition) is 5. The molecule has 1 unspecified atom stereocenters. The van der Waals surface area contributed by atoms with Gasteiger partial charge in [-0.05, 0) is 38.0 Å². The highest BCUT2D eigenvalue weighted by Gasteiger charge is 2.12. The van der Waals surface area contributed by atoms with Crippen LogP contribution in [0.1, 0.15) is 19.4 Å². The minimum atomic E-state index is -1.10. The van der Waals surface area contributed by atoms with Gasteiger partial charge in [-0.2, -0.15) is 0 Å². The molecule has 1 aromatic carbocycles. The highest BCUT2D eigenvalue weighted by molar-refractivity contribution is 5.73. The molecule has 0 aliphatic carbocycles. The van der Waals surface area contributed by atoms with Crippen LogP contribution in [0, 0.1) is 0 Å². The molecule has 108 valence electrons. The van der Waals surface area contributed by atoms with Crippen LogP contribution in [-0.2, 0) is 16.0 Å². The summed E-state index contributed by atoms with van der Waals surface area (Å²) in [4.78, 5) is 10.4. The molecule has 0 aromatic heterocycles. The standard InChI is InChI=1S/C9H11NO4.C4H10O/c10-6(9(13)14)3-5-1-2-7(11)8(12)4-5;1-3-5-4-2/h1-2,4,6,11-12H,3,10H2,(H,13,14);3-4H2,1-2H3. The van der Waals surface area contributed by atoms with Crippen molar-refractivity contribution in [3.63, 3.8) is 0 Å². The first kappa shape index (κ1) is 17.2. The summed E-state index contributed by atoms with van der Waals surface area (Å²) >= 11 is 0. The zero-order valence-electron chi connectivity index (χ0n) is 11.2. The van der Waals surface area contributed by atoms with Gasteiger partial charge in [0.2, 0.25) is 0 Å². The van der Waals surface area contributed by atoms with Crippen LogP contribution in [0.4, 0.5) is 0 Å². The number of rotatable bonds is 5. The monoisotopic (exact) mass is 271 g/mol. The van der Waals surface area contributed by atoms with Gasteiger partial charge < -0.3 is 25.8 Å². The van der Waals surface area contributed by atoms with Crippen molar-refractivity contribution in [2.24, 2.45) is 5.73 Å². The first-order valence-corrected chi connectivity index (χ1v) is 5.99. The number of nitrogens with two attached hydrogens (primary N) is 1. The zero-order valence-corrected chi connectivity index (χ0v) is 11.2. The molecule has 0 spiro atoms. The second-order valence-corrected chi connectivity index (χ2v) is 3.75. The molecule has 0 aliphatic rings. The van der Waals surface area contributed by atoms with Gasteiger partial charge in [-0.3, -0.25) is 4.79 Å². The van der Waals surface area contributed by atoms with Crippen molar-refractivity contribution in [2.75, 3.05) is 13.2 Å². The largest absolute Gasteiger partial charge is 0.504 e. The van der Waals surface area contributed by atoms with Gasteiger partial charge in [-0.25, -0.2) is 0 Å². The van der Waals surface area contributed by atoms with Gasteiger partial charge in [0.1, 0.15) is 6.04 Å². The highest BCUT2D eigenvalue weighted by Crippen LogP contribution is 2.25. The lowest BCUT2D eigenvalue weighted by molar-refractivity contribution is -0.138. The van der Waals surface area contributed by atoms with Gasteiger partial charge in [0.15, 0.2) is 11.5 Å². The lowest BCUT2D eigenvalue weighted by Gasteiger charge is -2.06. The summed E-state index contributed by atoms with van der Waals surface area (Å²) in [5.74, 6) is -1.62. The van der Waals surface area contributed by atoms with E-state index in [1.54, 1.807) is 0 Å². The average Bonchev–Trinajstić information content (AvgIpc) is 2.35. The predicted octanol–water partition coefficient (Wildman–Crippen LogP) is 1.09. The molecule has 0 saturated carbocycles. The van der Waals surface area contributed by atoms with Gasteiger partial charge in [0.05, 0.1) is 0 Å². The molecule has 19 heavy (non-hydrogen) atoms. The van der Waals surface area contributed by atoms with Crippen molar-refractivity contribution in [1.29, 1.82) is 0 Å². The second-order valence-electron chi connectivity index (χ2n) is 3.75. The minimum Gasteiger partial charge on any atom is -0.504 e. The van der Waals surface area contributed by atoms with E-state index in [-0.39, 0.29) is 17.9 Å². The third-order valence-electron chi connectivity index (χ3n) is 2.22. The molecule has 0 bridgehead atoms. The SMILES string of the molecule is CCOCC.NC(Cc1ccc(O)c(O)c1)C(=O)O. The number of hydrogen-bond donors (Lipinski definition) is 4. The number of ether oxygens (including phenoxy) is 1. The smallest absolute Gasteiger partial charge is 0.320 e. The molecule has 0 radical (unpaired) electrons. The first-order valence-electron chi connectivity index (χ1n) is 5.99. The van der Waals surface area contributed by atoms with Gasteiger partial charge in [-0.15, -0.1) is 0 Å². The second kappa shape index (κ2) is 9.18. The minimum absolute atomic E-state index is 0.114. The van der Waals surface area contributed by atoms with Crippen molar-refractivity contribution in [2.45, 2.75) is 26.3 Å². The molecule has 0 amide bonds. The van der Waals surface area contributed by atoms with Crippen molar-refractivity contribution in [1.82, 2.24) is 0 Å². The Morgan fingerprint density at radius 2 is 1.84 bits per heavy atom. The maximum atomic E-state index is 10.4. The lowest BCUT2D eigenvalue weighted by Crippen LogP contribution is -2.32. The predicted molar refractivity (Wildman–Crippen MR) is 71.3 cm³/mol. The summed E-state index contributed by atoms with van der Waals surface area (Å²) in [7, 11) is 0. The zero-order chi connectivity index (χ0) is 14.8. The van der Waals surface area contributed by atoms with Crippen LogP contribution < -0.4 is 5.73 Å². The highest BCUT2D eigenvalue weighted by atomic mass is 16.5. The van der Waals surface area contributed by atoms with Crippen molar-refractivity contribution >= 4 is 5.97 Å². The average molecular weight is 271 g/mol. The molecule has 0 saturated heterocycles. The van der Waals surface area contributed by atoms with E-state index in [1.807, 2.05) is 13.8 Å². The first-order chi connectivity index (χ1) is 8.92. The quantitative estimate of drug-likeness (QED) is 0.596.